The van der Waals surface area contributed by atoms with Gasteiger partial charge in [-0.3, -0.25) is 4.79 Å². The van der Waals surface area contributed by atoms with Gasteiger partial charge in [-0.1, -0.05) is 10.3 Å². The number of aromatic nitrogens is 3. The highest BCUT2D eigenvalue weighted by molar-refractivity contribution is 7.15. The highest BCUT2D eigenvalue weighted by Crippen LogP contribution is 2.37. The smallest absolute Gasteiger partial charge is 0.226 e. The Labute approximate surface area is 161 Å². The van der Waals surface area contributed by atoms with Crippen molar-refractivity contribution in [1.82, 2.24) is 20.2 Å². The molecule has 27 heavy (non-hydrogen) atoms. The summed E-state index contributed by atoms with van der Waals surface area (Å²) in [6, 6.07) is 1.86. The van der Waals surface area contributed by atoms with Gasteiger partial charge in [-0.25, -0.2) is 4.98 Å². The van der Waals surface area contributed by atoms with Crippen LogP contribution in [0, 0.1) is 26.7 Å². The van der Waals surface area contributed by atoms with Gasteiger partial charge < -0.3 is 13.9 Å². The zero-order chi connectivity index (χ0) is 19.1. The molecular weight excluding hydrogens is 364 g/mol. The summed E-state index contributed by atoms with van der Waals surface area (Å²) in [6.45, 7) is 6.14. The lowest BCUT2D eigenvalue weighted by molar-refractivity contribution is -0.135. The highest BCUT2D eigenvalue weighted by Gasteiger charge is 2.30. The molecule has 0 N–H and O–H groups in total. The Hall–Kier alpha value is -2.48. The molecule has 8 heteroatoms. The van der Waals surface area contributed by atoms with E-state index in [0.717, 1.165) is 46.3 Å². The number of thiazole rings is 1. The topological polar surface area (TPSA) is 85.3 Å². The first kappa shape index (κ1) is 17.9. The zero-order valence-electron chi connectivity index (χ0n) is 15.9. The van der Waals surface area contributed by atoms with E-state index >= 15 is 0 Å². The number of fused-ring (bicyclic) bond motifs is 1. The van der Waals surface area contributed by atoms with E-state index in [4.69, 9.17) is 14.0 Å². The molecule has 0 bridgehead atoms. The van der Waals surface area contributed by atoms with E-state index in [1.165, 1.54) is 4.88 Å². The number of hydrogen-bond acceptors (Lipinski definition) is 7. The summed E-state index contributed by atoms with van der Waals surface area (Å²) in [6.07, 6.45) is 2.39. The molecule has 4 rings (SSSR count). The molecule has 0 saturated carbocycles. The number of nitrogens with zero attached hydrogens (tertiary/aromatic N) is 4. The van der Waals surface area contributed by atoms with E-state index in [9.17, 15) is 4.79 Å². The van der Waals surface area contributed by atoms with Gasteiger partial charge in [-0.2, -0.15) is 0 Å². The molecule has 1 unspecified atom stereocenters. The van der Waals surface area contributed by atoms with E-state index in [-0.39, 0.29) is 11.8 Å². The van der Waals surface area contributed by atoms with Crippen molar-refractivity contribution in [3.8, 4) is 10.6 Å². The normalized spacial score (nSPS) is 16.4. The third kappa shape index (κ3) is 3.41. The van der Waals surface area contributed by atoms with Crippen LogP contribution in [0.25, 0.3) is 10.6 Å². The largest absolute Gasteiger partial charge is 0.361 e. The van der Waals surface area contributed by atoms with Crippen LogP contribution in [0.3, 0.4) is 0 Å². The quantitative estimate of drug-likeness (QED) is 0.682. The van der Waals surface area contributed by atoms with Gasteiger partial charge in [0.25, 0.3) is 0 Å². The minimum absolute atomic E-state index is 0.0499. The van der Waals surface area contributed by atoms with E-state index < -0.39 is 0 Å². The molecule has 7 nitrogen and oxygen atoms in total. The van der Waals surface area contributed by atoms with Crippen LogP contribution >= 0.6 is 11.3 Å². The van der Waals surface area contributed by atoms with Crippen molar-refractivity contribution in [2.24, 2.45) is 5.92 Å². The average Bonchev–Trinajstić information content (AvgIpc) is 3.32. The minimum Gasteiger partial charge on any atom is -0.361 e. The molecular formula is C19H22N4O3S. The molecule has 3 aromatic heterocycles. The van der Waals surface area contributed by atoms with Gasteiger partial charge in [0.15, 0.2) is 5.76 Å². The maximum atomic E-state index is 12.9. The van der Waals surface area contributed by atoms with E-state index in [1.807, 2.05) is 33.9 Å². The fraction of sp³-hybridized carbons (Fsp3) is 0.474. The van der Waals surface area contributed by atoms with Crippen LogP contribution in [0.5, 0.6) is 0 Å². The Morgan fingerprint density at radius 3 is 2.78 bits per heavy atom. The number of hydrogen-bond donors (Lipinski definition) is 0. The molecule has 1 aliphatic rings. The second kappa shape index (κ2) is 6.92. The van der Waals surface area contributed by atoms with Crippen molar-refractivity contribution in [2.45, 2.75) is 46.6 Å². The standard InChI is InChI=1S/C19H22N4O3S/c1-10-7-14(26-21-10)9-23(4)19(24)13-5-6-16-15(8-13)20-18(27-16)17-11(2)22-25-12(17)3/h7,13H,5-6,8-9H2,1-4H3. The number of rotatable bonds is 4. The monoisotopic (exact) mass is 386 g/mol. The molecule has 0 fully saturated rings. The second-order valence-electron chi connectivity index (χ2n) is 7.16. The molecule has 1 atom stereocenters. The minimum atomic E-state index is -0.0499. The Bertz CT molecular complexity index is 968. The Morgan fingerprint density at radius 1 is 1.30 bits per heavy atom. The molecule has 0 saturated heterocycles. The first-order chi connectivity index (χ1) is 12.9. The van der Waals surface area contributed by atoms with Gasteiger partial charge in [-0.15, -0.1) is 11.3 Å². The molecule has 0 aromatic carbocycles. The first-order valence-corrected chi connectivity index (χ1v) is 9.83. The van der Waals surface area contributed by atoms with E-state index in [2.05, 4.69) is 10.3 Å². The fourth-order valence-electron chi connectivity index (χ4n) is 3.60. The van der Waals surface area contributed by atoms with Crippen LogP contribution in [-0.2, 0) is 24.2 Å². The second-order valence-corrected chi connectivity index (χ2v) is 8.24. The van der Waals surface area contributed by atoms with Gasteiger partial charge in [0, 0.05) is 30.3 Å². The summed E-state index contributed by atoms with van der Waals surface area (Å²) in [5.41, 5.74) is 3.69. The predicted octanol–water partition coefficient (Wildman–Crippen LogP) is 3.47. The summed E-state index contributed by atoms with van der Waals surface area (Å²) in [7, 11) is 1.81. The Morgan fingerprint density at radius 2 is 2.11 bits per heavy atom. The molecule has 3 aromatic rings. The molecule has 0 radical (unpaired) electrons. The van der Waals surface area contributed by atoms with Crippen molar-refractivity contribution < 1.29 is 13.8 Å². The summed E-state index contributed by atoms with van der Waals surface area (Å²) in [5.74, 6) is 1.57. The lowest BCUT2D eigenvalue weighted by atomic mass is 9.90. The van der Waals surface area contributed by atoms with Crippen molar-refractivity contribution in [3.05, 3.63) is 39.5 Å². The molecule has 1 aliphatic carbocycles. The molecule has 1 amide bonds. The molecule has 0 spiro atoms. The van der Waals surface area contributed by atoms with E-state index in [0.29, 0.717) is 18.7 Å². The third-order valence-corrected chi connectivity index (χ3v) is 6.16. The molecule has 0 aliphatic heterocycles. The number of amides is 1. The Balaban J connectivity index is 1.49. The first-order valence-electron chi connectivity index (χ1n) is 9.01. The van der Waals surface area contributed by atoms with Crippen LogP contribution in [0.15, 0.2) is 15.1 Å². The van der Waals surface area contributed by atoms with Gasteiger partial charge in [0.1, 0.15) is 10.8 Å². The van der Waals surface area contributed by atoms with Crippen molar-refractivity contribution in [3.63, 3.8) is 0 Å². The van der Waals surface area contributed by atoms with Crippen LogP contribution in [0.2, 0.25) is 0 Å². The van der Waals surface area contributed by atoms with Gasteiger partial charge in [-0.05, 0) is 33.6 Å². The van der Waals surface area contributed by atoms with Gasteiger partial charge >= 0.3 is 0 Å². The van der Waals surface area contributed by atoms with Crippen molar-refractivity contribution in [2.75, 3.05) is 7.05 Å². The zero-order valence-corrected chi connectivity index (χ0v) is 16.7. The van der Waals surface area contributed by atoms with E-state index in [1.54, 1.807) is 16.2 Å². The SMILES string of the molecule is Cc1cc(CN(C)C(=O)C2CCc3sc(-c4c(C)noc4C)nc3C2)on1. The van der Waals surface area contributed by atoms with Gasteiger partial charge in [0.2, 0.25) is 5.91 Å². The van der Waals surface area contributed by atoms with Crippen molar-refractivity contribution in [1.29, 1.82) is 0 Å². The van der Waals surface area contributed by atoms with Crippen molar-refractivity contribution >= 4 is 17.2 Å². The predicted molar refractivity (Wildman–Crippen MR) is 100 cm³/mol. The summed E-state index contributed by atoms with van der Waals surface area (Å²) in [4.78, 5) is 20.7. The summed E-state index contributed by atoms with van der Waals surface area (Å²) in [5, 5.41) is 8.84. The summed E-state index contributed by atoms with van der Waals surface area (Å²) < 4.78 is 10.5. The van der Waals surface area contributed by atoms with Crippen LogP contribution in [0.4, 0.5) is 0 Å². The Kier molecular flexibility index (Phi) is 4.59. The van der Waals surface area contributed by atoms with Crippen LogP contribution < -0.4 is 0 Å². The third-order valence-electron chi connectivity index (χ3n) is 4.98. The lowest BCUT2D eigenvalue weighted by Crippen LogP contribution is -2.35. The van der Waals surface area contributed by atoms with Crippen LogP contribution in [0.1, 0.15) is 39.9 Å². The molecule has 3 heterocycles. The maximum Gasteiger partial charge on any atom is 0.226 e. The number of carbonyl (C=O) groups is 1. The maximum absolute atomic E-state index is 12.9. The molecule has 142 valence electrons. The number of aryl methyl sites for hydroxylation is 4. The highest BCUT2D eigenvalue weighted by atomic mass is 32.1. The number of carbonyl (C=O) groups excluding carboxylic acids is 1. The van der Waals surface area contributed by atoms with Gasteiger partial charge in [0.05, 0.1) is 29.2 Å². The average molecular weight is 386 g/mol. The lowest BCUT2D eigenvalue weighted by Gasteiger charge is -2.25. The fourth-order valence-corrected chi connectivity index (χ4v) is 4.85. The summed E-state index contributed by atoms with van der Waals surface area (Å²) >= 11 is 1.69. The van der Waals surface area contributed by atoms with Crippen LogP contribution in [-0.4, -0.2) is 33.2 Å².